The lowest BCUT2D eigenvalue weighted by Crippen LogP contribution is -2.40. The SMILES string of the molecule is COc1cc(NC(=O)[C@@H]2COc3ccccc3O2)c(F)cc1-c1cn[nH]c1. The molecule has 0 aliphatic carbocycles. The van der Waals surface area contributed by atoms with E-state index in [1.807, 2.05) is 6.07 Å². The van der Waals surface area contributed by atoms with Gasteiger partial charge >= 0.3 is 0 Å². The molecule has 4 rings (SSSR count). The summed E-state index contributed by atoms with van der Waals surface area (Å²) in [6.07, 6.45) is 2.29. The molecule has 1 amide bonds. The van der Waals surface area contributed by atoms with E-state index < -0.39 is 17.8 Å². The maximum Gasteiger partial charge on any atom is 0.269 e. The van der Waals surface area contributed by atoms with Crippen molar-refractivity contribution < 1.29 is 23.4 Å². The third-order valence-electron chi connectivity index (χ3n) is 4.16. The summed E-state index contributed by atoms with van der Waals surface area (Å²) in [5.41, 5.74) is 1.18. The number of carbonyl (C=O) groups is 1. The van der Waals surface area contributed by atoms with Crippen molar-refractivity contribution in [3.8, 4) is 28.4 Å². The van der Waals surface area contributed by atoms with E-state index in [1.165, 1.54) is 19.2 Å². The Balaban J connectivity index is 1.55. The Kier molecular flexibility index (Phi) is 4.37. The molecule has 1 atom stereocenters. The number of ether oxygens (including phenoxy) is 3. The van der Waals surface area contributed by atoms with E-state index in [4.69, 9.17) is 14.2 Å². The molecule has 0 saturated heterocycles. The van der Waals surface area contributed by atoms with Crippen LogP contribution in [0.15, 0.2) is 48.8 Å². The molecule has 2 N–H and O–H groups in total. The number of hydrogen-bond acceptors (Lipinski definition) is 5. The highest BCUT2D eigenvalue weighted by atomic mass is 19.1. The first kappa shape index (κ1) is 16.9. The van der Waals surface area contributed by atoms with Crippen LogP contribution >= 0.6 is 0 Å². The molecule has 8 heteroatoms. The van der Waals surface area contributed by atoms with E-state index in [0.29, 0.717) is 28.4 Å². The van der Waals surface area contributed by atoms with Gasteiger partial charge in [-0.2, -0.15) is 5.10 Å². The number of rotatable bonds is 4. The highest BCUT2D eigenvalue weighted by Crippen LogP contribution is 2.35. The molecule has 0 unspecified atom stereocenters. The standard InChI is InChI=1S/C19H16FN3O4/c1-25-17-7-14(13(20)6-12(17)11-8-21-22-9-11)23-19(24)18-10-26-15-4-2-3-5-16(15)27-18/h2-9,18H,10H2,1H3,(H,21,22)(H,23,24)/t18-/m0/s1. The zero-order valence-electron chi connectivity index (χ0n) is 14.4. The van der Waals surface area contributed by atoms with E-state index in [1.54, 1.807) is 30.6 Å². The van der Waals surface area contributed by atoms with Gasteiger partial charge in [0, 0.05) is 23.4 Å². The number of H-pyrrole nitrogens is 1. The van der Waals surface area contributed by atoms with Gasteiger partial charge in [-0.1, -0.05) is 12.1 Å². The van der Waals surface area contributed by atoms with Gasteiger partial charge in [-0.25, -0.2) is 4.39 Å². The topological polar surface area (TPSA) is 85.5 Å². The van der Waals surface area contributed by atoms with Crippen molar-refractivity contribution in [1.82, 2.24) is 10.2 Å². The average molecular weight is 369 g/mol. The summed E-state index contributed by atoms with van der Waals surface area (Å²) in [4.78, 5) is 12.5. The Morgan fingerprint density at radius 1 is 1.33 bits per heavy atom. The van der Waals surface area contributed by atoms with Gasteiger partial charge in [0.05, 0.1) is 19.0 Å². The lowest BCUT2D eigenvalue weighted by Gasteiger charge is -2.25. The monoisotopic (exact) mass is 369 g/mol. The number of hydrogen-bond donors (Lipinski definition) is 2. The highest BCUT2D eigenvalue weighted by molar-refractivity contribution is 5.95. The van der Waals surface area contributed by atoms with E-state index >= 15 is 0 Å². The highest BCUT2D eigenvalue weighted by Gasteiger charge is 2.28. The number of aromatic nitrogens is 2. The van der Waals surface area contributed by atoms with Crippen LogP contribution in [0.3, 0.4) is 0 Å². The number of anilines is 1. The number of halogens is 1. The average Bonchev–Trinajstić information content (AvgIpc) is 3.23. The van der Waals surface area contributed by atoms with Gasteiger partial charge in [0.25, 0.3) is 5.91 Å². The maximum absolute atomic E-state index is 14.6. The van der Waals surface area contributed by atoms with Gasteiger partial charge in [0.1, 0.15) is 18.2 Å². The van der Waals surface area contributed by atoms with Crippen molar-refractivity contribution in [2.75, 3.05) is 19.0 Å². The zero-order chi connectivity index (χ0) is 18.8. The molecule has 7 nitrogen and oxygen atoms in total. The van der Waals surface area contributed by atoms with Crippen molar-refractivity contribution in [3.05, 3.63) is 54.6 Å². The minimum absolute atomic E-state index is 0.00782. The molecule has 1 aliphatic rings. The van der Waals surface area contributed by atoms with E-state index in [9.17, 15) is 9.18 Å². The molecule has 0 spiro atoms. The maximum atomic E-state index is 14.6. The molecule has 1 aliphatic heterocycles. The van der Waals surface area contributed by atoms with Crippen molar-refractivity contribution >= 4 is 11.6 Å². The predicted octanol–water partition coefficient (Wildman–Crippen LogP) is 3.00. The Hall–Kier alpha value is -3.55. The molecule has 0 radical (unpaired) electrons. The Labute approximate surface area is 154 Å². The summed E-state index contributed by atoms with van der Waals surface area (Å²) in [6.45, 7) is 0.0364. The van der Waals surface area contributed by atoms with Crippen molar-refractivity contribution in [3.63, 3.8) is 0 Å². The van der Waals surface area contributed by atoms with Crippen LogP contribution in [0.25, 0.3) is 11.1 Å². The fourth-order valence-electron chi connectivity index (χ4n) is 2.80. The third-order valence-corrected chi connectivity index (χ3v) is 4.16. The van der Waals surface area contributed by atoms with Crippen LogP contribution in [-0.4, -0.2) is 35.9 Å². The lowest BCUT2D eigenvalue weighted by atomic mass is 10.1. The largest absolute Gasteiger partial charge is 0.496 e. The molecule has 2 aromatic carbocycles. The summed E-state index contributed by atoms with van der Waals surface area (Å²) in [7, 11) is 1.47. The minimum atomic E-state index is -0.890. The second-order valence-electron chi connectivity index (χ2n) is 5.87. The van der Waals surface area contributed by atoms with Crippen molar-refractivity contribution in [2.24, 2.45) is 0 Å². The molecule has 3 aromatic rings. The molecule has 1 aromatic heterocycles. The van der Waals surface area contributed by atoms with E-state index in [2.05, 4.69) is 15.5 Å². The molecule has 0 bridgehead atoms. The molecule has 2 heterocycles. The normalized spacial score (nSPS) is 15.3. The fraction of sp³-hybridized carbons (Fsp3) is 0.158. The predicted molar refractivity (Wildman–Crippen MR) is 95.5 cm³/mol. The number of aromatic amines is 1. The van der Waals surface area contributed by atoms with Crippen LogP contribution in [0.1, 0.15) is 0 Å². The van der Waals surface area contributed by atoms with Crippen LogP contribution in [0.4, 0.5) is 10.1 Å². The Morgan fingerprint density at radius 2 is 2.15 bits per heavy atom. The molecule has 0 fully saturated rings. The van der Waals surface area contributed by atoms with E-state index in [0.717, 1.165) is 0 Å². The number of para-hydroxylation sites is 2. The molecule has 0 saturated carbocycles. The van der Waals surface area contributed by atoms with Gasteiger partial charge in [0.2, 0.25) is 6.10 Å². The van der Waals surface area contributed by atoms with Crippen LogP contribution in [0.5, 0.6) is 17.2 Å². The summed E-state index contributed by atoms with van der Waals surface area (Å²) >= 11 is 0. The van der Waals surface area contributed by atoms with Crippen LogP contribution < -0.4 is 19.5 Å². The minimum Gasteiger partial charge on any atom is -0.496 e. The first-order chi connectivity index (χ1) is 13.2. The van der Waals surface area contributed by atoms with Crippen molar-refractivity contribution in [1.29, 1.82) is 0 Å². The summed E-state index contributed by atoms with van der Waals surface area (Å²) in [6, 6.07) is 9.76. The molecular weight excluding hydrogens is 353 g/mol. The molecular formula is C19H16FN3O4. The summed E-state index contributed by atoms with van der Waals surface area (Å²) in [5, 5.41) is 9.06. The van der Waals surface area contributed by atoms with Gasteiger partial charge in [0.15, 0.2) is 11.5 Å². The smallest absolute Gasteiger partial charge is 0.269 e. The molecule has 138 valence electrons. The number of nitrogens with one attached hydrogen (secondary N) is 2. The Bertz CT molecular complexity index is 975. The lowest BCUT2D eigenvalue weighted by molar-refractivity contribution is -0.125. The summed E-state index contributed by atoms with van der Waals surface area (Å²) in [5.74, 6) is 0.328. The second-order valence-corrected chi connectivity index (χ2v) is 5.87. The molecule has 27 heavy (non-hydrogen) atoms. The van der Waals surface area contributed by atoms with Gasteiger partial charge < -0.3 is 19.5 Å². The van der Waals surface area contributed by atoms with E-state index in [-0.39, 0.29) is 12.3 Å². The number of fused-ring (bicyclic) bond motifs is 1. The second kappa shape index (κ2) is 6.99. The number of methoxy groups -OCH3 is 1. The number of benzene rings is 2. The number of carbonyl (C=O) groups excluding carboxylic acids is 1. The van der Waals surface area contributed by atoms with Gasteiger partial charge in [-0.05, 0) is 18.2 Å². The first-order valence-corrected chi connectivity index (χ1v) is 8.21. The number of amides is 1. The zero-order valence-corrected chi connectivity index (χ0v) is 14.4. The first-order valence-electron chi connectivity index (χ1n) is 8.21. The van der Waals surface area contributed by atoms with Crippen LogP contribution in [0.2, 0.25) is 0 Å². The van der Waals surface area contributed by atoms with Crippen LogP contribution in [-0.2, 0) is 4.79 Å². The third kappa shape index (κ3) is 3.29. The summed E-state index contributed by atoms with van der Waals surface area (Å²) < 4.78 is 31.0. The quantitative estimate of drug-likeness (QED) is 0.738. The van der Waals surface area contributed by atoms with Crippen molar-refractivity contribution in [2.45, 2.75) is 6.10 Å². The van der Waals surface area contributed by atoms with Crippen LogP contribution in [0, 0.1) is 5.82 Å². The fourth-order valence-corrected chi connectivity index (χ4v) is 2.80. The Morgan fingerprint density at radius 3 is 2.89 bits per heavy atom. The van der Waals surface area contributed by atoms with Gasteiger partial charge in [-0.15, -0.1) is 0 Å². The van der Waals surface area contributed by atoms with Gasteiger partial charge in [-0.3, -0.25) is 9.89 Å². The number of nitrogens with zero attached hydrogens (tertiary/aromatic N) is 1.